The number of aromatic nitrogens is 3. The first-order chi connectivity index (χ1) is 9.78. The van der Waals surface area contributed by atoms with Crippen molar-refractivity contribution in [1.29, 1.82) is 0 Å². The summed E-state index contributed by atoms with van der Waals surface area (Å²) in [4.78, 5) is 0. The number of hydrogen-bond acceptors (Lipinski definition) is 3. The number of fused-ring (bicyclic) bond motifs is 1. The van der Waals surface area contributed by atoms with Gasteiger partial charge in [0.1, 0.15) is 0 Å². The number of hydrogen-bond donors (Lipinski definition) is 1. The molecule has 1 aromatic carbocycles. The van der Waals surface area contributed by atoms with Crippen molar-refractivity contribution in [2.24, 2.45) is 13.0 Å². The maximum atomic E-state index is 4.24. The van der Waals surface area contributed by atoms with E-state index in [1.54, 1.807) is 4.68 Å². The second-order valence-corrected chi connectivity index (χ2v) is 5.68. The molecule has 106 valence electrons. The minimum absolute atomic E-state index is 0.452. The second-order valence-electron chi connectivity index (χ2n) is 5.68. The molecular weight excluding hydrogens is 248 g/mol. The third-order valence-corrected chi connectivity index (χ3v) is 4.08. The zero-order valence-electron chi connectivity index (χ0n) is 12.2. The van der Waals surface area contributed by atoms with Crippen molar-refractivity contribution in [3.63, 3.8) is 0 Å². The van der Waals surface area contributed by atoms with E-state index in [1.165, 1.54) is 11.1 Å². The monoisotopic (exact) mass is 270 g/mol. The molecule has 2 unspecified atom stereocenters. The lowest BCUT2D eigenvalue weighted by atomic mass is 9.95. The van der Waals surface area contributed by atoms with Crippen molar-refractivity contribution in [2.75, 3.05) is 6.54 Å². The van der Waals surface area contributed by atoms with E-state index in [1.807, 2.05) is 13.2 Å². The molecule has 0 aliphatic heterocycles. The fraction of sp³-hybridized carbons (Fsp3) is 0.500. The molecular formula is C16H22N4. The van der Waals surface area contributed by atoms with Crippen molar-refractivity contribution in [1.82, 2.24) is 20.3 Å². The molecule has 4 nitrogen and oxygen atoms in total. The highest BCUT2D eigenvalue weighted by Crippen LogP contribution is 2.37. The highest BCUT2D eigenvalue weighted by Gasteiger charge is 2.32. The molecule has 3 rings (SSSR count). The van der Waals surface area contributed by atoms with Crippen molar-refractivity contribution in [3.8, 4) is 0 Å². The van der Waals surface area contributed by atoms with Crippen LogP contribution >= 0.6 is 0 Å². The topological polar surface area (TPSA) is 42.7 Å². The van der Waals surface area contributed by atoms with E-state index in [4.69, 9.17) is 0 Å². The molecule has 1 aromatic heterocycles. The number of benzene rings is 1. The smallest absolute Gasteiger partial charge is 0.0830 e. The first-order valence-corrected chi connectivity index (χ1v) is 7.44. The average molecular weight is 270 g/mol. The largest absolute Gasteiger partial charge is 0.310 e. The normalized spacial score (nSPS) is 21.1. The Morgan fingerprint density at radius 2 is 2.20 bits per heavy atom. The van der Waals surface area contributed by atoms with E-state index in [0.29, 0.717) is 12.0 Å². The Bertz CT molecular complexity index is 575. The molecule has 0 amide bonds. The van der Waals surface area contributed by atoms with Crippen LogP contribution in [0.1, 0.15) is 36.2 Å². The molecule has 0 saturated carbocycles. The SMILES string of the molecule is CCCNC1c2ccccc2CC1Cc1cn(C)nn1. The minimum atomic E-state index is 0.452. The summed E-state index contributed by atoms with van der Waals surface area (Å²) < 4.78 is 1.78. The van der Waals surface area contributed by atoms with Gasteiger partial charge in [0, 0.05) is 19.3 Å². The van der Waals surface area contributed by atoms with Gasteiger partial charge in [-0.2, -0.15) is 0 Å². The predicted molar refractivity (Wildman–Crippen MR) is 79.4 cm³/mol. The van der Waals surface area contributed by atoms with Gasteiger partial charge in [0.2, 0.25) is 0 Å². The zero-order valence-corrected chi connectivity index (χ0v) is 12.2. The van der Waals surface area contributed by atoms with Crippen LogP contribution in [0.3, 0.4) is 0 Å². The summed E-state index contributed by atoms with van der Waals surface area (Å²) in [5.41, 5.74) is 4.04. The van der Waals surface area contributed by atoms with Gasteiger partial charge in [-0.25, -0.2) is 0 Å². The van der Waals surface area contributed by atoms with Crippen LogP contribution in [-0.4, -0.2) is 21.5 Å². The maximum absolute atomic E-state index is 4.24. The molecule has 0 spiro atoms. The standard InChI is InChI=1S/C16H22N4/c1-3-8-17-16-13(10-14-11-20(2)19-18-14)9-12-6-4-5-7-15(12)16/h4-7,11,13,16-17H,3,8-10H2,1-2H3. The Labute approximate surface area is 120 Å². The van der Waals surface area contributed by atoms with Crippen LogP contribution in [0.25, 0.3) is 0 Å². The van der Waals surface area contributed by atoms with Gasteiger partial charge in [0.15, 0.2) is 0 Å². The lowest BCUT2D eigenvalue weighted by molar-refractivity contribution is 0.384. The molecule has 0 saturated heterocycles. The Balaban J connectivity index is 1.79. The van der Waals surface area contributed by atoms with Gasteiger partial charge in [-0.15, -0.1) is 5.10 Å². The van der Waals surface area contributed by atoms with Crippen LogP contribution in [0.15, 0.2) is 30.5 Å². The zero-order chi connectivity index (χ0) is 13.9. The van der Waals surface area contributed by atoms with Gasteiger partial charge in [0.25, 0.3) is 0 Å². The lowest BCUT2D eigenvalue weighted by Crippen LogP contribution is -2.27. The Morgan fingerprint density at radius 3 is 2.95 bits per heavy atom. The van der Waals surface area contributed by atoms with E-state index < -0.39 is 0 Å². The molecule has 20 heavy (non-hydrogen) atoms. The fourth-order valence-corrected chi connectivity index (χ4v) is 3.20. The summed E-state index contributed by atoms with van der Waals surface area (Å²) >= 11 is 0. The lowest BCUT2D eigenvalue weighted by Gasteiger charge is -2.21. The molecule has 1 heterocycles. The van der Waals surface area contributed by atoms with E-state index in [-0.39, 0.29) is 0 Å². The van der Waals surface area contributed by atoms with Crippen molar-refractivity contribution >= 4 is 0 Å². The van der Waals surface area contributed by atoms with Gasteiger partial charge >= 0.3 is 0 Å². The summed E-state index contributed by atoms with van der Waals surface area (Å²) in [5.74, 6) is 0.579. The average Bonchev–Trinajstić information content (AvgIpc) is 3.00. The van der Waals surface area contributed by atoms with Crippen LogP contribution in [0.4, 0.5) is 0 Å². The minimum Gasteiger partial charge on any atom is -0.310 e. The molecule has 0 radical (unpaired) electrons. The van der Waals surface area contributed by atoms with E-state index in [2.05, 4.69) is 46.8 Å². The number of aryl methyl sites for hydroxylation is 1. The molecule has 0 bridgehead atoms. The summed E-state index contributed by atoms with van der Waals surface area (Å²) in [6.45, 7) is 3.28. The van der Waals surface area contributed by atoms with Crippen molar-refractivity contribution in [2.45, 2.75) is 32.2 Å². The maximum Gasteiger partial charge on any atom is 0.0830 e. The first-order valence-electron chi connectivity index (χ1n) is 7.44. The Morgan fingerprint density at radius 1 is 1.35 bits per heavy atom. The number of rotatable bonds is 5. The summed E-state index contributed by atoms with van der Waals surface area (Å²) in [7, 11) is 1.92. The first kappa shape index (κ1) is 13.3. The van der Waals surface area contributed by atoms with Crippen molar-refractivity contribution in [3.05, 3.63) is 47.3 Å². The summed E-state index contributed by atoms with van der Waals surface area (Å²) in [5, 5.41) is 12.0. The quantitative estimate of drug-likeness (QED) is 0.906. The third-order valence-electron chi connectivity index (χ3n) is 4.08. The van der Waals surface area contributed by atoms with E-state index >= 15 is 0 Å². The van der Waals surface area contributed by atoms with Crippen LogP contribution in [0.2, 0.25) is 0 Å². The Hall–Kier alpha value is -1.68. The molecule has 1 aliphatic rings. The summed E-state index contributed by atoms with van der Waals surface area (Å²) in [6, 6.07) is 9.25. The molecule has 2 aromatic rings. The molecule has 1 N–H and O–H groups in total. The third kappa shape index (κ3) is 2.61. The van der Waals surface area contributed by atoms with Crippen LogP contribution < -0.4 is 5.32 Å². The number of nitrogens with zero attached hydrogens (tertiary/aromatic N) is 3. The highest BCUT2D eigenvalue weighted by molar-refractivity contribution is 5.36. The van der Waals surface area contributed by atoms with Crippen LogP contribution in [0.5, 0.6) is 0 Å². The van der Waals surface area contributed by atoms with Crippen LogP contribution in [0, 0.1) is 5.92 Å². The van der Waals surface area contributed by atoms with Crippen LogP contribution in [-0.2, 0) is 19.9 Å². The van der Waals surface area contributed by atoms with E-state index in [9.17, 15) is 0 Å². The number of nitrogens with one attached hydrogen (secondary N) is 1. The summed E-state index contributed by atoms with van der Waals surface area (Å²) in [6.07, 6.45) is 5.31. The predicted octanol–water partition coefficient (Wildman–Crippen LogP) is 2.27. The van der Waals surface area contributed by atoms with Gasteiger partial charge in [-0.05, 0) is 42.9 Å². The van der Waals surface area contributed by atoms with Gasteiger partial charge < -0.3 is 5.32 Å². The molecule has 0 fully saturated rings. The van der Waals surface area contributed by atoms with Gasteiger partial charge in [-0.3, -0.25) is 4.68 Å². The fourth-order valence-electron chi connectivity index (χ4n) is 3.20. The second kappa shape index (κ2) is 5.75. The molecule has 1 aliphatic carbocycles. The van der Waals surface area contributed by atoms with Crippen molar-refractivity contribution < 1.29 is 0 Å². The molecule has 4 heteroatoms. The molecule has 2 atom stereocenters. The van der Waals surface area contributed by atoms with Gasteiger partial charge in [0.05, 0.1) is 5.69 Å². The van der Waals surface area contributed by atoms with Gasteiger partial charge in [-0.1, -0.05) is 36.4 Å². The highest BCUT2D eigenvalue weighted by atomic mass is 15.4. The Kier molecular flexibility index (Phi) is 3.83. The van der Waals surface area contributed by atoms with E-state index in [0.717, 1.165) is 31.5 Å².